The molecule has 2 heterocycles. The van der Waals surface area contributed by atoms with E-state index in [1.807, 2.05) is 60.1 Å². The van der Waals surface area contributed by atoms with E-state index in [1.54, 1.807) is 0 Å². The van der Waals surface area contributed by atoms with Gasteiger partial charge in [-0.25, -0.2) is 0 Å². The largest absolute Gasteiger partial charge is 0.357 e. The van der Waals surface area contributed by atoms with E-state index in [1.165, 1.54) is 5.56 Å². The molecule has 0 unspecified atom stereocenters. The van der Waals surface area contributed by atoms with Crippen molar-refractivity contribution >= 4 is 23.2 Å². The Morgan fingerprint density at radius 3 is 2.78 bits per heavy atom. The summed E-state index contributed by atoms with van der Waals surface area (Å²) in [5, 5.41) is 12.6. The Balaban J connectivity index is 1.57. The molecule has 0 saturated heterocycles. The number of pyridine rings is 1. The smallest absolute Gasteiger partial charge is 0.193 e. The molecule has 0 aliphatic heterocycles. The quantitative estimate of drug-likeness (QED) is 0.385. The van der Waals surface area contributed by atoms with Crippen molar-refractivity contribution in [2.75, 3.05) is 20.1 Å². The molecule has 0 amide bonds. The maximum atomic E-state index is 5.96. The van der Waals surface area contributed by atoms with Crippen molar-refractivity contribution in [3.63, 3.8) is 0 Å². The second-order valence-corrected chi connectivity index (χ2v) is 6.80. The molecule has 3 aromatic rings. The summed E-state index contributed by atoms with van der Waals surface area (Å²) in [4.78, 5) is 6.88. The van der Waals surface area contributed by atoms with Crippen LogP contribution in [-0.4, -0.2) is 45.6 Å². The zero-order valence-electron chi connectivity index (χ0n) is 15.8. The monoisotopic (exact) mass is 384 g/mol. The average molecular weight is 385 g/mol. The van der Waals surface area contributed by atoms with Gasteiger partial charge in [0, 0.05) is 44.3 Å². The lowest BCUT2D eigenvalue weighted by Gasteiger charge is -2.22. The van der Waals surface area contributed by atoms with Crippen LogP contribution in [0.5, 0.6) is 0 Å². The highest BCUT2D eigenvalue weighted by Crippen LogP contribution is 2.11. The minimum absolute atomic E-state index is 0.731. The number of nitrogens with one attached hydrogen (secondary N) is 1. The molecule has 0 saturated carbocycles. The fourth-order valence-corrected chi connectivity index (χ4v) is 3.02. The van der Waals surface area contributed by atoms with Gasteiger partial charge in [-0.05, 0) is 43.2 Å². The van der Waals surface area contributed by atoms with Crippen LogP contribution in [0.15, 0.2) is 53.7 Å². The van der Waals surface area contributed by atoms with Gasteiger partial charge < -0.3 is 10.2 Å². The normalized spacial score (nSPS) is 11.7. The number of halogens is 1. The van der Waals surface area contributed by atoms with Crippen LogP contribution in [0.3, 0.4) is 0 Å². The topological polar surface area (TPSA) is 57.8 Å². The van der Waals surface area contributed by atoms with Crippen LogP contribution in [-0.2, 0) is 13.0 Å². The lowest BCUT2D eigenvalue weighted by atomic mass is 10.2. The number of nitrogens with zero attached hydrogens (tertiary/aromatic N) is 5. The minimum Gasteiger partial charge on any atom is -0.357 e. The highest BCUT2D eigenvalue weighted by Gasteiger charge is 2.07. The van der Waals surface area contributed by atoms with E-state index in [0.717, 1.165) is 54.9 Å². The molecular formula is C20H25ClN6. The third kappa shape index (κ3) is 5.20. The number of aryl methyl sites for hydroxylation is 1. The predicted octanol–water partition coefficient (Wildman–Crippen LogP) is 3.41. The first-order valence-corrected chi connectivity index (χ1v) is 9.57. The van der Waals surface area contributed by atoms with Gasteiger partial charge in [0.2, 0.25) is 0 Å². The van der Waals surface area contributed by atoms with Crippen LogP contribution in [0.25, 0.3) is 5.65 Å². The van der Waals surface area contributed by atoms with Crippen molar-refractivity contribution < 1.29 is 0 Å². The van der Waals surface area contributed by atoms with Crippen molar-refractivity contribution in [1.29, 1.82) is 0 Å². The molecule has 0 fully saturated rings. The van der Waals surface area contributed by atoms with Crippen molar-refractivity contribution in [2.24, 2.45) is 4.99 Å². The Morgan fingerprint density at radius 2 is 2.00 bits per heavy atom. The summed E-state index contributed by atoms with van der Waals surface area (Å²) in [5.74, 6) is 1.87. The van der Waals surface area contributed by atoms with Crippen LogP contribution >= 0.6 is 11.6 Å². The summed E-state index contributed by atoms with van der Waals surface area (Å²) >= 11 is 5.96. The lowest BCUT2D eigenvalue weighted by molar-refractivity contribution is 0.476. The summed E-state index contributed by atoms with van der Waals surface area (Å²) in [6, 6.07) is 13.8. The van der Waals surface area contributed by atoms with Crippen molar-refractivity contribution in [2.45, 2.75) is 26.3 Å². The second kappa shape index (κ2) is 9.37. The molecule has 3 rings (SSSR count). The van der Waals surface area contributed by atoms with E-state index in [-0.39, 0.29) is 0 Å². The third-order valence-electron chi connectivity index (χ3n) is 4.23. The first kappa shape index (κ1) is 19.2. The molecule has 0 radical (unpaired) electrons. The molecule has 7 heteroatoms. The van der Waals surface area contributed by atoms with E-state index in [0.29, 0.717) is 0 Å². The zero-order chi connectivity index (χ0) is 19.1. The lowest BCUT2D eigenvalue weighted by Crippen LogP contribution is -2.38. The number of rotatable bonds is 7. The molecule has 142 valence electrons. The van der Waals surface area contributed by atoms with Gasteiger partial charge in [0.25, 0.3) is 0 Å². The number of hydrogen-bond donors (Lipinski definition) is 1. The first-order valence-electron chi connectivity index (χ1n) is 9.20. The van der Waals surface area contributed by atoms with Crippen molar-refractivity contribution in [1.82, 2.24) is 24.8 Å². The summed E-state index contributed by atoms with van der Waals surface area (Å²) in [7, 11) is 2.04. The van der Waals surface area contributed by atoms with Gasteiger partial charge in [-0.15, -0.1) is 10.2 Å². The van der Waals surface area contributed by atoms with Crippen LogP contribution < -0.4 is 5.32 Å². The van der Waals surface area contributed by atoms with Gasteiger partial charge in [0.1, 0.15) is 5.82 Å². The predicted molar refractivity (Wildman–Crippen MR) is 110 cm³/mol. The van der Waals surface area contributed by atoms with Crippen LogP contribution in [0.2, 0.25) is 5.02 Å². The van der Waals surface area contributed by atoms with Crippen LogP contribution in [0.4, 0.5) is 0 Å². The molecule has 6 nitrogen and oxygen atoms in total. The number of aliphatic imine (C=N–C) groups is 1. The molecule has 0 atom stereocenters. The van der Waals surface area contributed by atoms with Gasteiger partial charge in [-0.2, -0.15) is 0 Å². The molecule has 0 spiro atoms. The minimum atomic E-state index is 0.731. The number of hydrogen-bond acceptors (Lipinski definition) is 3. The first-order chi connectivity index (χ1) is 13.2. The van der Waals surface area contributed by atoms with Gasteiger partial charge >= 0.3 is 0 Å². The summed E-state index contributed by atoms with van der Waals surface area (Å²) in [6.45, 7) is 4.42. The zero-order valence-corrected chi connectivity index (χ0v) is 16.5. The van der Waals surface area contributed by atoms with E-state index >= 15 is 0 Å². The van der Waals surface area contributed by atoms with Crippen molar-refractivity contribution in [3.05, 3.63) is 65.1 Å². The number of aromatic nitrogens is 3. The Hall–Kier alpha value is -2.60. The molecular weight excluding hydrogens is 360 g/mol. The van der Waals surface area contributed by atoms with E-state index < -0.39 is 0 Å². The van der Waals surface area contributed by atoms with Gasteiger partial charge in [-0.1, -0.05) is 29.8 Å². The number of guanidine groups is 1. The Labute approximate surface area is 164 Å². The molecule has 1 N–H and O–H groups in total. The van der Waals surface area contributed by atoms with E-state index in [9.17, 15) is 0 Å². The van der Waals surface area contributed by atoms with Crippen molar-refractivity contribution in [3.8, 4) is 0 Å². The summed E-state index contributed by atoms with van der Waals surface area (Å²) in [6.07, 6.45) is 3.76. The SMILES string of the molecule is CCNC(=NCCCc1nnc2ccccn12)N(C)Cc1ccc(Cl)cc1. The van der Waals surface area contributed by atoms with Gasteiger partial charge in [0.05, 0.1) is 0 Å². The Bertz CT molecular complexity index is 887. The molecule has 0 bridgehead atoms. The fraction of sp³-hybridized carbons (Fsp3) is 0.350. The summed E-state index contributed by atoms with van der Waals surface area (Å²) in [5.41, 5.74) is 2.08. The Kier molecular flexibility index (Phi) is 6.65. The average Bonchev–Trinajstić information content (AvgIpc) is 3.09. The highest BCUT2D eigenvalue weighted by atomic mass is 35.5. The Morgan fingerprint density at radius 1 is 1.19 bits per heavy atom. The van der Waals surface area contributed by atoms with Gasteiger partial charge in [-0.3, -0.25) is 9.39 Å². The third-order valence-corrected chi connectivity index (χ3v) is 4.49. The molecule has 0 aliphatic rings. The number of benzene rings is 1. The summed E-state index contributed by atoms with van der Waals surface area (Å²) < 4.78 is 2.03. The van der Waals surface area contributed by atoms with E-state index in [2.05, 4.69) is 27.3 Å². The molecule has 2 aromatic heterocycles. The second-order valence-electron chi connectivity index (χ2n) is 6.37. The van der Waals surface area contributed by atoms with Crippen LogP contribution in [0.1, 0.15) is 24.7 Å². The molecule has 0 aliphatic carbocycles. The molecule has 27 heavy (non-hydrogen) atoms. The van der Waals surface area contributed by atoms with Crippen LogP contribution in [0, 0.1) is 0 Å². The van der Waals surface area contributed by atoms with Gasteiger partial charge in [0.15, 0.2) is 11.6 Å². The molecule has 1 aromatic carbocycles. The maximum Gasteiger partial charge on any atom is 0.193 e. The maximum absolute atomic E-state index is 5.96. The standard InChI is InChI=1S/C20H25ClN6/c1-3-22-20(26(2)15-16-9-11-17(21)12-10-16)23-13-6-8-19-25-24-18-7-4-5-14-27(18)19/h4-5,7,9-12,14H,3,6,8,13,15H2,1-2H3,(H,22,23). The fourth-order valence-electron chi connectivity index (χ4n) is 2.89. The highest BCUT2D eigenvalue weighted by molar-refractivity contribution is 6.30. The van der Waals surface area contributed by atoms with E-state index in [4.69, 9.17) is 16.6 Å². The number of fused-ring (bicyclic) bond motifs is 1.